The topological polar surface area (TPSA) is 156 Å². The van der Waals surface area contributed by atoms with Crippen molar-refractivity contribution < 1.29 is 29.0 Å². The van der Waals surface area contributed by atoms with E-state index in [0.717, 1.165) is 0 Å². The number of nitrogens with zero attached hydrogens (tertiary/aromatic N) is 3. The fourth-order valence-corrected chi connectivity index (χ4v) is 2.59. The van der Waals surface area contributed by atoms with Gasteiger partial charge in [-0.25, -0.2) is 14.5 Å². The number of hydrogen-bond acceptors (Lipinski definition) is 7. The Labute approximate surface area is 89.9 Å². The van der Waals surface area contributed by atoms with E-state index in [2.05, 4.69) is 15.0 Å². The third-order valence-electron chi connectivity index (χ3n) is 1.28. The first-order valence-corrected chi connectivity index (χ1v) is 6.97. The predicted molar refractivity (Wildman–Crippen MR) is 54.7 cm³/mol. The number of aliphatic imine (C=N–C) groups is 1. The summed E-state index contributed by atoms with van der Waals surface area (Å²) in [7, 11) is -10.00. The second kappa shape index (κ2) is 4.60. The first-order valence-electron chi connectivity index (χ1n) is 3.71. The van der Waals surface area contributed by atoms with Gasteiger partial charge in [0.25, 0.3) is 5.95 Å². The molecule has 11 heteroatoms. The Hall–Kier alpha value is -0.790. The SMILES string of the molecule is O=P(O)(O)C(=Nc1ncccn1)[P+](O)(O)O. The van der Waals surface area contributed by atoms with Gasteiger partial charge in [-0.3, -0.25) is 0 Å². The lowest BCUT2D eigenvalue weighted by Crippen LogP contribution is -2.06. The molecular formula is C5H8N3O6P2+. The van der Waals surface area contributed by atoms with Crippen LogP contribution in [0, 0.1) is 0 Å². The lowest BCUT2D eigenvalue weighted by Gasteiger charge is -2.06. The van der Waals surface area contributed by atoms with Crippen molar-refractivity contribution in [1.29, 1.82) is 0 Å². The minimum atomic E-state index is -5.09. The molecule has 0 aliphatic carbocycles. The lowest BCUT2D eigenvalue weighted by molar-refractivity contribution is 0.349. The van der Waals surface area contributed by atoms with Crippen LogP contribution in [0.15, 0.2) is 23.5 Å². The Morgan fingerprint density at radius 3 is 2.12 bits per heavy atom. The molecule has 0 aliphatic heterocycles. The highest BCUT2D eigenvalue weighted by Crippen LogP contribution is 2.60. The van der Waals surface area contributed by atoms with Crippen molar-refractivity contribution >= 4 is 26.7 Å². The molecule has 88 valence electrons. The van der Waals surface area contributed by atoms with Crippen LogP contribution in [-0.2, 0) is 4.57 Å². The summed E-state index contributed by atoms with van der Waals surface area (Å²) in [5, 5.41) is -1.44. The third-order valence-corrected chi connectivity index (χ3v) is 4.13. The lowest BCUT2D eigenvalue weighted by atomic mass is 10.7. The molecule has 0 spiro atoms. The zero-order chi connectivity index (χ0) is 12.4. The molecule has 16 heavy (non-hydrogen) atoms. The van der Waals surface area contributed by atoms with Crippen molar-refractivity contribution in [3.63, 3.8) is 0 Å². The number of aromatic nitrogens is 2. The van der Waals surface area contributed by atoms with E-state index in [1.54, 1.807) is 0 Å². The molecule has 0 aliphatic rings. The van der Waals surface area contributed by atoms with Gasteiger partial charge < -0.3 is 9.79 Å². The van der Waals surface area contributed by atoms with Crippen LogP contribution in [0.25, 0.3) is 0 Å². The number of hydrogen-bond donors (Lipinski definition) is 5. The molecule has 0 bridgehead atoms. The highest BCUT2D eigenvalue weighted by atomic mass is 31.3. The quantitative estimate of drug-likeness (QED) is 0.358. The van der Waals surface area contributed by atoms with Crippen molar-refractivity contribution in [3.05, 3.63) is 18.5 Å². The first kappa shape index (κ1) is 13.3. The van der Waals surface area contributed by atoms with Crippen LogP contribution in [-0.4, -0.2) is 39.6 Å². The second-order valence-corrected chi connectivity index (χ2v) is 6.00. The van der Waals surface area contributed by atoms with E-state index in [-0.39, 0.29) is 0 Å². The van der Waals surface area contributed by atoms with Gasteiger partial charge in [-0.15, -0.1) is 0 Å². The van der Waals surface area contributed by atoms with Gasteiger partial charge in [-0.2, -0.15) is 19.7 Å². The summed E-state index contributed by atoms with van der Waals surface area (Å²) in [4.78, 5) is 54.1. The van der Waals surface area contributed by atoms with Crippen molar-refractivity contribution in [3.8, 4) is 0 Å². The molecule has 1 heterocycles. The van der Waals surface area contributed by atoms with Crippen LogP contribution in [0.2, 0.25) is 0 Å². The summed E-state index contributed by atoms with van der Waals surface area (Å²) in [6.07, 6.45) is 2.46. The van der Waals surface area contributed by atoms with Crippen molar-refractivity contribution in [2.24, 2.45) is 4.99 Å². The smallest absolute Gasteiger partial charge is 0.317 e. The van der Waals surface area contributed by atoms with Crippen LogP contribution in [0.3, 0.4) is 0 Å². The maximum Gasteiger partial charge on any atom is 0.469 e. The predicted octanol–water partition coefficient (Wildman–Crippen LogP) is -0.619. The maximum absolute atomic E-state index is 10.8. The average Bonchev–Trinajstić information content (AvgIpc) is 2.12. The highest BCUT2D eigenvalue weighted by molar-refractivity contribution is 8.00. The Balaban J connectivity index is 3.24. The van der Waals surface area contributed by atoms with Crippen molar-refractivity contribution in [1.82, 2.24) is 9.97 Å². The third kappa shape index (κ3) is 3.66. The average molecular weight is 268 g/mol. The summed E-state index contributed by atoms with van der Waals surface area (Å²) in [6.45, 7) is 0. The van der Waals surface area contributed by atoms with Crippen LogP contribution in [0.5, 0.6) is 0 Å². The van der Waals surface area contributed by atoms with Crippen LogP contribution in [0.1, 0.15) is 0 Å². The zero-order valence-electron chi connectivity index (χ0n) is 7.61. The highest BCUT2D eigenvalue weighted by Gasteiger charge is 2.52. The molecule has 1 aromatic heterocycles. The standard InChI is InChI=1S/C5H7N3O6P2/c9-15(10,11)5(16(12,13)14)8-4-6-2-1-3-7-4/h1-3,9-11H,(H-,12,13,14)/p+1. The zero-order valence-corrected chi connectivity index (χ0v) is 9.40. The summed E-state index contributed by atoms with van der Waals surface area (Å²) in [6, 6.07) is 1.43. The number of rotatable bonds is 3. The molecule has 0 unspecified atom stereocenters. The minimum absolute atomic E-state index is 0.401. The van der Waals surface area contributed by atoms with Gasteiger partial charge in [-0.05, 0) is 6.07 Å². The van der Waals surface area contributed by atoms with Crippen molar-refractivity contribution in [2.45, 2.75) is 0 Å². The monoisotopic (exact) mass is 268 g/mol. The molecule has 0 atom stereocenters. The molecule has 0 saturated carbocycles. The van der Waals surface area contributed by atoms with Gasteiger partial charge in [0.2, 0.25) is 0 Å². The first-order chi connectivity index (χ1) is 7.21. The summed E-state index contributed by atoms with van der Waals surface area (Å²) >= 11 is 0. The largest absolute Gasteiger partial charge is 0.469 e. The van der Waals surface area contributed by atoms with Gasteiger partial charge in [-0.1, -0.05) is 0 Å². The Kier molecular flexibility index (Phi) is 3.82. The normalized spacial score (nSPS) is 13.9. The van der Waals surface area contributed by atoms with Gasteiger partial charge in [0.15, 0.2) is 0 Å². The summed E-state index contributed by atoms with van der Waals surface area (Å²) in [5.41, 5.74) is 0. The van der Waals surface area contributed by atoms with Gasteiger partial charge in [0.1, 0.15) is 0 Å². The van der Waals surface area contributed by atoms with Crippen LogP contribution < -0.4 is 0 Å². The van der Waals surface area contributed by atoms with Crippen LogP contribution in [0.4, 0.5) is 5.95 Å². The van der Waals surface area contributed by atoms with Gasteiger partial charge >= 0.3 is 20.7 Å². The molecule has 1 aromatic rings. The van der Waals surface area contributed by atoms with E-state index in [1.807, 2.05) is 0 Å². The molecule has 0 aromatic carbocycles. The Bertz CT molecular complexity index is 437. The fourth-order valence-electron chi connectivity index (χ4n) is 0.745. The molecule has 9 nitrogen and oxygen atoms in total. The van der Waals surface area contributed by atoms with Crippen LogP contribution >= 0.6 is 15.5 Å². The molecule has 1 rings (SSSR count). The summed E-state index contributed by atoms with van der Waals surface area (Å²) in [5.74, 6) is -0.401. The van der Waals surface area contributed by atoms with E-state index in [4.69, 9.17) is 24.5 Å². The fraction of sp³-hybridized carbons (Fsp3) is 0. The minimum Gasteiger partial charge on any atom is -0.317 e. The molecule has 0 radical (unpaired) electrons. The van der Waals surface area contributed by atoms with Gasteiger partial charge in [0.05, 0.1) is 0 Å². The Morgan fingerprint density at radius 1 is 1.25 bits per heavy atom. The molecular weight excluding hydrogens is 260 g/mol. The van der Waals surface area contributed by atoms with Gasteiger partial charge in [0, 0.05) is 12.4 Å². The molecule has 0 saturated heterocycles. The van der Waals surface area contributed by atoms with E-state index in [0.29, 0.717) is 0 Å². The Morgan fingerprint density at radius 2 is 1.75 bits per heavy atom. The maximum atomic E-state index is 10.8. The van der Waals surface area contributed by atoms with E-state index in [1.165, 1.54) is 18.5 Å². The van der Waals surface area contributed by atoms with E-state index in [9.17, 15) is 4.57 Å². The molecule has 0 amide bonds. The summed E-state index contributed by atoms with van der Waals surface area (Å²) < 4.78 is 10.8. The second-order valence-electron chi connectivity index (χ2n) is 2.57. The molecule has 5 N–H and O–H groups in total. The van der Waals surface area contributed by atoms with E-state index >= 15 is 0 Å². The van der Waals surface area contributed by atoms with Crippen molar-refractivity contribution in [2.75, 3.05) is 0 Å². The molecule has 0 fully saturated rings. The van der Waals surface area contributed by atoms with E-state index < -0.39 is 26.7 Å².